The third-order valence-electron chi connectivity index (χ3n) is 5.91. The van der Waals surface area contributed by atoms with Gasteiger partial charge in [-0.2, -0.15) is 0 Å². The molecule has 1 amide bonds. The number of anilines is 1. The number of rotatable bonds is 7. The van der Waals surface area contributed by atoms with Crippen molar-refractivity contribution in [1.29, 1.82) is 0 Å². The highest BCUT2D eigenvalue weighted by atomic mass is 16.1. The standard InChI is InChI=1S/C27H33N5O/c1-20(2)17-29-27(33)24-18-28-25(23-11-9-21(3)10-12-23)30-26(24)32-15-13-31(14-16-32)19-22-7-5-4-6-8-22/h4-12,18,20H,13-17,19H2,1-3H3,(H,29,33). The second kappa shape index (κ2) is 10.6. The van der Waals surface area contributed by atoms with Gasteiger partial charge in [0.05, 0.1) is 0 Å². The van der Waals surface area contributed by atoms with Crippen LogP contribution in [0.3, 0.4) is 0 Å². The molecule has 3 aromatic rings. The van der Waals surface area contributed by atoms with Crippen molar-refractivity contribution in [3.05, 3.63) is 77.5 Å². The Kier molecular flexibility index (Phi) is 7.35. The average Bonchev–Trinajstić information content (AvgIpc) is 2.84. The summed E-state index contributed by atoms with van der Waals surface area (Å²) in [4.78, 5) is 27.1. The Labute approximate surface area is 196 Å². The summed E-state index contributed by atoms with van der Waals surface area (Å²) in [5.74, 6) is 1.64. The maximum Gasteiger partial charge on any atom is 0.256 e. The first-order valence-electron chi connectivity index (χ1n) is 11.7. The van der Waals surface area contributed by atoms with Crippen LogP contribution < -0.4 is 10.2 Å². The molecular formula is C27H33N5O. The molecule has 1 N–H and O–H groups in total. The Morgan fingerprint density at radius 1 is 1.00 bits per heavy atom. The van der Waals surface area contributed by atoms with Crippen molar-refractivity contribution in [2.24, 2.45) is 5.92 Å². The van der Waals surface area contributed by atoms with Gasteiger partial charge in [-0.25, -0.2) is 9.97 Å². The normalized spacial score (nSPS) is 14.5. The number of aromatic nitrogens is 2. The summed E-state index contributed by atoms with van der Waals surface area (Å²) in [6.45, 7) is 11.3. The summed E-state index contributed by atoms with van der Waals surface area (Å²) < 4.78 is 0. The minimum atomic E-state index is -0.110. The number of nitrogens with one attached hydrogen (secondary N) is 1. The Bertz CT molecular complexity index is 1060. The largest absolute Gasteiger partial charge is 0.353 e. The lowest BCUT2D eigenvalue weighted by atomic mass is 10.1. The number of piperazine rings is 1. The Hall–Kier alpha value is -3.25. The van der Waals surface area contributed by atoms with E-state index < -0.39 is 0 Å². The predicted octanol–water partition coefficient (Wildman–Crippen LogP) is 4.16. The van der Waals surface area contributed by atoms with Crippen LogP contribution in [0.1, 0.15) is 35.3 Å². The van der Waals surface area contributed by atoms with E-state index in [1.807, 2.05) is 18.2 Å². The summed E-state index contributed by atoms with van der Waals surface area (Å²) in [6.07, 6.45) is 1.68. The second-order valence-corrected chi connectivity index (χ2v) is 9.15. The smallest absolute Gasteiger partial charge is 0.256 e. The first-order chi connectivity index (χ1) is 16.0. The zero-order valence-electron chi connectivity index (χ0n) is 19.8. The summed E-state index contributed by atoms with van der Waals surface area (Å²) in [6, 6.07) is 18.7. The van der Waals surface area contributed by atoms with Crippen LogP contribution >= 0.6 is 0 Å². The lowest BCUT2D eigenvalue weighted by Crippen LogP contribution is -2.47. The van der Waals surface area contributed by atoms with Crippen LogP contribution in [0.15, 0.2) is 60.8 Å². The number of hydrogen-bond donors (Lipinski definition) is 1. The van der Waals surface area contributed by atoms with Crippen molar-refractivity contribution in [2.45, 2.75) is 27.3 Å². The van der Waals surface area contributed by atoms with E-state index in [0.717, 1.165) is 44.1 Å². The van der Waals surface area contributed by atoms with E-state index in [1.54, 1.807) is 6.20 Å². The fourth-order valence-corrected chi connectivity index (χ4v) is 3.97. The molecule has 2 heterocycles. The first kappa shape index (κ1) is 22.9. The first-order valence-corrected chi connectivity index (χ1v) is 11.7. The van der Waals surface area contributed by atoms with E-state index in [1.165, 1.54) is 11.1 Å². The molecule has 0 bridgehead atoms. The van der Waals surface area contributed by atoms with Crippen LogP contribution in [0.5, 0.6) is 0 Å². The average molecular weight is 444 g/mol. The number of aryl methyl sites for hydroxylation is 1. The molecular weight excluding hydrogens is 410 g/mol. The number of carbonyl (C=O) groups is 1. The Morgan fingerprint density at radius 3 is 2.36 bits per heavy atom. The molecule has 2 aromatic carbocycles. The fraction of sp³-hybridized carbons (Fsp3) is 0.370. The van der Waals surface area contributed by atoms with Gasteiger partial charge in [-0.3, -0.25) is 9.69 Å². The van der Waals surface area contributed by atoms with Crippen molar-refractivity contribution in [3.8, 4) is 11.4 Å². The van der Waals surface area contributed by atoms with Crippen LogP contribution in [0.4, 0.5) is 5.82 Å². The Balaban J connectivity index is 1.55. The van der Waals surface area contributed by atoms with E-state index >= 15 is 0 Å². The molecule has 1 saturated heterocycles. The number of nitrogens with zero attached hydrogens (tertiary/aromatic N) is 4. The summed E-state index contributed by atoms with van der Waals surface area (Å²) >= 11 is 0. The zero-order valence-corrected chi connectivity index (χ0v) is 19.8. The molecule has 0 atom stereocenters. The number of carbonyl (C=O) groups excluding carboxylic acids is 1. The maximum atomic E-state index is 13.0. The monoisotopic (exact) mass is 443 g/mol. The lowest BCUT2D eigenvalue weighted by molar-refractivity contribution is 0.0948. The second-order valence-electron chi connectivity index (χ2n) is 9.15. The zero-order chi connectivity index (χ0) is 23.2. The molecule has 1 aromatic heterocycles. The van der Waals surface area contributed by atoms with Crippen molar-refractivity contribution < 1.29 is 4.79 Å². The molecule has 1 fully saturated rings. The summed E-state index contributed by atoms with van der Waals surface area (Å²) in [7, 11) is 0. The minimum Gasteiger partial charge on any atom is -0.353 e. The third-order valence-corrected chi connectivity index (χ3v) is 5.91. The molecule has 1 aliphatic rings. The van der Waals surface area contributed by atoms with Gasteiger partial charge in [-0.1, -0.05) is 74.0 Å². The van der Waals surface area contributed by atoms with E-state index in [9.17, 15) is 4.79 Å². The van der Waals surface area contributed by atoms with Gasteiger partial charge in [0.25, 0.3) is 5.91 Å². The van der Waals surface area contributed by atoms with E-state index in [-0.39, 0.29) is 5.91 Å². The molecule has 0 radical (unpaired) electrons. The van der Waals surface area contributed by atoms with E-state index in [0.29, 0.717) is 23.9 Å². The van der Waals surface area contributed by atoms with Gasteiger partial charge < -0.3 is 10.2 Å². The molecule has 1 aliphatic heterocycles. The SMILES string of the molecule is Cc1ccc(-c2ncc(C(=O)NCC(C)C)c(N3CCN(Cc4ccccc4)CC3)n2)cc1. The molecule has 6 nitrogen and oxygen atoms in total. The van der Waals surface area contributed by atoms with Gasteiger partial charge in [-0.15, -0.1) is 0 Å². The molecule has 0 unspecified atom stereocenters. The van der Waals surface area contributed by atoms with Gasteiger partial charge in [-0.05, 0) is 18.4 Å². The van der Waals surface area contributed by atoms with Gasteiger partial charge in [0.15, 0.2) is 5.82 Å². The van der Waals surface area contributed by atoms with Crippen molar-refractivity contribution >= 4 is 11.7 Å². The van der Waals surface area contributed by atoms with Gasteiger partial charge in [0.2, 0.25) is 0 Å². The van der Waals surface area contributed by atoms with Crippen LogP contribution in [-0.4, -0.2) is 53.5 Å². The number of benzene rings is 2. The highest BCUT2D eigenvalue weighted by molar-refractivity contribution is 5.99. The van der Waals surface area contributed by atoms with Crippen LogP contribution in [-0.2, 0) is 6.54 Å². The minimum absolute atomic E-state index is 0.110. The van der Waals surface area contributed by atoms with E-state index in [2.05, 4.69) is 77.3 Å². The maximum absolute atomic E-state index is 13.0. The van der Waals surface area contributed by atoms with Gasteiger partial charge >= 0.3 is 0 Å². The van der Waals surface area contributed by atoms with Crippen molar-refractivity contribution in [1.82, 2.24) is 20.2 Å². The lowest BCUT2D eigenvalue weighted by Gasteiger charge is -2.36. The Morgan fingerprint density at radius 2 is 1.70 bits per heavy atom. The third kappa shape index (κ3) is 5.96. The molecule has 172 valence electrons. The summed E-state index contributed by atoms with van der Waals surface area (Å²) in [5.41, 5.74) is 4.02. The van der Waals surface area contributed by atoms with Crippen molar-refractivity contribution in [3.63, 3.8) is 0 Å². The fourth-order valence-electron chi connectivity index (χ4n) is 3.97. The van der Waals surface area contributed by atoms with Crippen LogP contribution in [0, 0.1) is 12.8 Å². The highest BCUT2D eigenvalue weighted by Gasteiger charge is 2.24. The number of amides is 1. The van der Waals surface area contributed by atoms with Gasteiger partial charge in [0, 0.05) is 51.0 Å². The molecule has 0 aliphatic carbocycles. The van der Waals surface area contributed by atoms with Gasteiger partial charge in [0.1, 0.15) is 11.4 Å². The molecule has 0 spiro atoms. The topological polar surface area (TPSA) is 61.4 Å². The molecule has 33 heavy (non-hydrogen) atoms. The summed E-state index contributed by atoms with van der Waals surface area (Å²) in [5, 5.41) is 3.03. The predicted molar refractivity (Wildman–Crippen MR) is 133 cm³/mol. The molecule has 6 heteroatoms. The van der Waals surface area contributed by atoms with Crippen LogP contribution in [0.25, 0.3) is 11.4 Å². The van der Waals surface area contributed by atoms with E-state index in [4.69, 9.17) is 4.98 Å². The number of hydrogen-bond acceptors (Lipinski definition) is 5. The highest BCUT2D eigenvalue weighted by Crippen LogP contribution is 2.24. The molecule has 4 rings (SSSR count). The molecule has 0 saturated carbocycles. The quantitative estimate of drug-likeness (QED) is 0.594. The van der Waals surface area contributed by atoms with Crippen molar-refractivity contribution in [2.75, 3.05) is 37.6 Å². The van der Waals surface area contributed by atoms with Crippen LogP contribution in [0.2, 0.25) is 0 Å².